The van der Waals surface area contributed by atoms with Crippen LogP contribution in [0.3, 0.4) is 0 Å². The summed E-state index contributed by atoms with van der Waals surface area (Å²) in [5, 5.41) is 3.40. The Labute approximate surface area is 128 Å². The summed E-state index contributed by atoms with van der Waals surface area (Å²) in [6.07, 6.45) is 5.07. The number of alkyl halides is 2. The van der Waals surface area contributed by atoms with Crippen LogP contribution < -0.4 is 5.32 Å². The molecule has 1 aromatic heterocycles. The molecule has 0 radical (unpaired) electrons. The molecule has 3 rings (SSSR count). The van der Waals surface area contributed by atoms with E-state index in [4.69, 9.17) is 0 Å². The van der Waals surface area contributed by atoms with E-state index in [0.29, 0.717) is 25.6 Å². The van der Waals surface area contributed by atoms with Crippen LogP contribution in [0, 0.1) is 5.92 Å². The molecule has 22 heavy (non-hydrogen) atoms. The summed E-state index contributed by atoms with van der Waals surface area (Å²) < 4.78 is 26.5. The lowest BCUT2D eigenvalue weighted by atomic mass is 10.0. The molecule has 0 spiro atoms. The van der Waals surface area contributed by atoms with E-state index < -0.39 is 11.8 Å². The SMILES string of the molecule is O=C(C1CCC(F)(F)C1)N1CCC(Nc2cccnc2)CC1. The van der Waals surface area contributed by atoms with Gasteiger partial charge in [-0.25, -0.2) is 8.78 Å². The van der Waals surface area contributed by atoms with Gasteiger partial charge in [0.1, 0.15) is 0 Å². The fraction of sp³-hybridized carbons (Fsp3) is 0.625. The molecular weight excluding hydrogens is 288 g/mol. The van der Waals surface area contributed by atoms with Crippen LogP contribution in [-0.2, 0) is 4.79 Å². The van der Waals surface area contributed by atoms with Gasteiger partial charge in [-0.2, -0.15) is 0 Å². The van der Waals surface area contributed by atoms with Gasteiger partial charge < -0.3 is 10.2 Å². The lowest BCUT2D eigenvalue weighted by Crippen LogP contribution is -2.44. The smallest absolute Gasteiger partial charge is 0.248 e. The molecule has 1 unspecified atom stereocenters. The van der Waals surface area contributed by atoms with Gasteiger partial charge in [0.05, 0.1) is 5.69 Å². The summed E-state index contributed by atoms with van der Waals surface area (Å²) >= 11 is 0. The molecule has 6 heteroatoms. The molecule has 1 saturated carbocycles. The van der Waals surface area contributed by atoms with E-state index in [-0.39, 0.29) is 18.7 Å². The number of anilines is 1. The number of halogens is 2. The van der Waals surface area contributed by atoms with Gasteiger partial charge in [-0.05, 0) is 31.4 Å². The second kappa shape index (κ2) is 6.18. The molecule has 0 aromatic carbocycles. The van der Waals surface area contributed by atoms with E-state index in [1.54, 1.807) is 17.3 Å². The fourth-order valence-electron chi connectivity index (χ4n) is 3.35. The summed E-state index contributed by atoms with van der Waals surface area (Å²) in [6, 6.07) is 4.14. The van der Waals surface area contributed by atoms with Crippen molar-refractivity contribution in [2.45, 2.75) is 44.1 Å². The zero-order chi connectivity index (χ0) is 15.6. The quantitative estimate of drug-likeness (QED) is 0.934. The van der Waals surface area contributed by atoms with Crippen molar-refractivity contribution in [3.05, 3.63) is 24.5 Å². The largest absolute Gasteiger partial charge is 0.381 e. The molecule has 1 amide bonds. The predicted octanol–water partition coefficient (Wildman–Crippen LogP) is 2.92. The Balaban J connectivity index is 1.48. The van der Waals surface area contributed by atoms with Crippen molar-refractivity contribution in [2.75, 3.05) is 18.4 Å². The van der Waals surface area contributed by atoms with Gasteiger partial charge in [0, 0.05) is 50.3 Å². The number of hydrogen-bond donors (Lipinski definition) is 1. The molecule has 2 fully saturated rings. The van der Waals surface area contributed by atoms with Gasteiger partial charge in [-0.15, -0.1) is 0 Å². The van der Waals surface area contributed by atoms with Crippen molar-refractivity contribution in [3.8, 4) is 0 Å². The average molecular weight is 309 g/mol. The summed E-state index contributed by atoms with van der Waals surface area (Å²) in [7, 11) is 0. The summed E-state index contributed by atoms with van der Waals surface area (Å²) in [5.74, 6) is -3.23. The Morgan fingerprint density at radius 3 is 2.68 bits per heavy atom. The third-order valence-electron chi connectivity index (χ3n) is 4.59. The van der Waals surface area contributed by atoms with E-state index in [1.165, 1.54) is 0 Å². The molecule has 4 nitrogen and oxygen atoms in total. The lowest BCUT2D eigenvalue weighted by molar-refractivity contribution is -0.137. The summed E-state index contributed by atoms with van der Waals surface area (Å²) in [4.78, 5) is 18.1. The number of carbonyl (C=O) groups excluding carboxylic acids is 1. The van der Waals surface area contributed by atoms with Crippen LogP contribution in [0.15, 0.2) is 24.5 Å². The van der Waals surface area contributed by atoms with Crippen molar-refractivity contribution < 1.29 is 13.6 Å². The van der Waals surface area contributed by atoms with Crippen molar-refractivity contribution >= 4 is 11.6 Å². The summed E-state index contributed by atoms with van der Waals surface area (Å²) in [6.45, 7) is 1.28. The standard InChI is InChI=1S/C16H21F2N3O/c17-16(18)6-3-12(10-16)15(22)21-8-4-13(5-9-21)20-14-2-1-7-19-11-14/h1-2,7,11-13,20H,3-6,8-10H2. The van der Waals surface area contributed by atoms with Gasteiger partial charge in [-0.1, -0.05) is 0 Å². The maximum atomic E-state index is 13.2. The van der Waals surface area contributed by atoms with E-state index >= 15 is 0 Å². The third-order valence-corrected chi connectivity index (χ3v) is 4.59. The molecule has 2 aliphatic rings. The number of amides is 1. The minimum Gasteiger partial charge on any atom is -0.381 e. The maximum absolute atomic E-state index is 13.2. The first-order valence-corrected chi connectivity index (χ1v) is 7.87. The Bertz CT molecular complexity index is 515. The Morgan fingerprint density at radius 2 is 2.09 bits per heavy atom. The first kappa shape index (κ1) is 15.2. The number of aromatic nitrogens is 1. The van der Waals surface area contributed by atoms with Crippen molar-refractivity contribution in [1.82, 2.24) is 9.88 Å². The second-order valence-corrected chi connectivity index (χ2v) is 6.28. The molecular formula is C16H21F2N3O. The number of nitrogens with zero attached hydrogens (tertiary/aromatic N) is 2. The van der Waals surface area contributed by atoms with Gasteiger partial charge in [-0.3, -0.25) is 9.78 Å². The van der Waals surface area contributed by atoms with Crippen LogP contribution in [0.25, 0.3) is 0 Å². The van der Waals surface area contributed by atoms with E-state index in [9.17, 15) is 13.6 Å². The van der Waals surface area contributed by atoms with Crippen LogP contribution in [0.1, 0.15) is 32.1 Å². The number of pyridine rings is 1. The highest BCUT2D eigenvalue weighted by atomic mass is 19.3. The number of hydrogen-bond acceptors (Lipinski definition) is 3. The first-order chi connectivity index (χ1) is 10.5. The minimum atomic E-state index is -2.65. The van der Waals surface area contributed by atoms with Crippen LogP contribution in [0.4, 0.5) is 14.5 Å². The van der Waals surface area contributed by atoms with Gasteiger partial charge in [0.15, 0.2) is 0 Å². The second-order valence-electron chi connectivity index (χ2n) is 6.28. The minimum absolute atomic E-state index is 0.0861. The van der Waals surface area contributed by atoms with Crippen molar-refractivity contribution in [2.24, 2.45) is 5.92 Å². The normalized spacial score (nSPS) is 25.2. The monoisotopic (exact) mass is 309 g/mol. The molecule has 1 N–H and O–H groups in total. The third kappa shape index (κ3) is 3.54. The number of likely N-dealkylation sites (tertiary alicyclic amines) is 1. The number of nitrogens with one attached hydrogen (secondary N) is 1. The molecule has 1 aliphatic heterocycles. The molecule has 1 saturated heterocycles. The van der Waals surface area contributed by atoms with E-state index in [0.717, 1.165) is 18.5 Å². The number of carbonyl (C=O) groups is 1. The maximum Gasteiger partial charge on any atom is 0.248 e. The van der Waals surface area contributed by atoms with Gasteiger partial charge in [0.2, 0.25) is 11.8 Å². The molecule has 1 atom stereocenters. The van der Waals surface area contributed by atoms with Gasteiger partial charge >= 0.3 is 0 Å². The zero-order valence-electron chi connectivity index (χ0n) is 12.5. The molecule has 0 bridgehead atoms. The van der Waals surface area contributed by atoms with E-state index in [2.05, 4.69) is 10.3 Å². The highest BCUT2D eigenvalue weighted by molar-refractivity contribution is 5.79. The Hall–Kier alpha value is -1.72. The van der Waals surface area contributed by atoms with Crippen LogP contribution in [0.2, 0.25) is 0 Å². The molecule has 2 heterocycles. The van der Waals surface area contributed by atoms with Crippen LogP contribution >= 0.6 is 0 Å². The van der Waals surface area contributed by atoms with Crippen LogP contribution in [0.5, 0.6) is 0 Å². The van der Waals surface area contributed by atoms with Crippen molar-refractivity contribution in [3.63, 3.8) is 0 Å². The first-order valence-electron chi connectivity index (χ1n) is 7.87. The predicted molar refractivity (Wildman–Crippen MR) is 79.7 cm³/mol. The summed E-state index contributed by atoms with van der Waals surface area (Å²) in [5.41, 5.74) is 0.975. The fourth-order valence-corrected chi connectivity index (χ4v) is 3.35. The molecule has 120 valence electrons. The molecule has 1 aliphatic carbocycles. The Kier molecular flexibility index (Phi) is 4.27. The highest BCUT2D eigenvalue weighted by Crippen LogP contribution is 2.39. The van der Waals surface area contributed by atoms with Crippen LogP contribution in [-0.4, -0.2) is 40.8 Å². The number of piperidine rings is 1. The van der Waals surface area contributed by atoms with Gasteiger partial charge in [0.25, 0.3) is 0 Å². The average Bonchev–Trinajstić information content (AvgIpc) is 2.88. The number of rotatable bonds is 3. The highest BCUT2D eigenvalue weighted by Gasteiger charge is 2.43. The lowest BCUT2D eigenvalue weighted by Gasteiger charge is -2.34. The topological polar surface area (TPSA) is 45.2 Å². The van der Waals surface area contributed by atoms with E-state index in [1.807, 2.05) is 12.1 Å². The van der Waals surface area contributed by atoms with Crippen molar-refractivity contribution in [1.29, 1.82) is 0 Å². The molecule has 1 aromatic rings. The Morgan fingerprint density at radius 1 is 1.32 bits per heavy atom. The zero-order valence-corrected chi connectivity index (χ0v) is 12.5.